The van der Waals surface area contributed by atoms with Gasteiger partial charge in [0.05, 0.1) is 6.04 Å². The van der Waals surface area contributed by atoms with E-state index >= 15 is 0 Å². The maximum Gasteiger partial charge on any atom is 0.221 e. The van der Waals surface area contributed by atoms with Crippen LogP contribution in [0.4, 0.5) is 0 Å². The summed E-state index contributed by atoms with van der Waals surface area (Å²) < 4.78 is 0. The first-order valence-corrected chi connectivity index (χ1v) is 5.59. The lowest BCUT2D eigenvalue weighted by Gasteiger charge is -2.14. The number of alkyl halides is 1. The van der Waals surface area contributed by atoms with Gasteiger partial charge in [-0.1, -0.05) is 29.8 Å². The van der Waals surface area contributed by atoms with E-state index in [9.17, 15) is 4.79 Å². The summed E-state index contributed by atoms with van der Waals surface area (Å²) in [5.74, 6) is 0.366. The summed E-state index contributed by atoms with van der Waals surface area (Å²) in [5, 5.41) is 2.89. The summed E-state index contributed by atoms with van der Waals surface area (Å²) in [4.78, 5) is 11.3. The Morgan fingerprint density at radius 2 is 2.00 bits per heavy atom. The Labute approximate surface area is 95.6 Å². The van der Waals surface area contributed by atoms with Gasteiger partial charge < -0.3 is 5.32 Å². The topological polar surface area (TPSA) is 29.1 Å². The van der Waals surface area contributed by atoms with Crippen LogP contribution in [-0.2, 0) is 4.79 Å². The molecule has 0 radical (unpaired) electrons. The van der Waals surface area contributed by atoms with Gasteiger partial charge in [-0.25, -0.2) is 0 Å². The van der Waals surface area contributed by atoms with Crippen molar-refractivity contribution in [2.75, 3.05) is 5.88 Å². The lowest BCUT2D eigenvalue weighted by molar-refractivity contribution is -0.121. The predicted octanol–water partition coefficient (Wildman–Crippen LogP) is 2.80. The minimum Gasteiger partial charge on any atom is -0.350 e. The van der Waals surface area contributed by atoms with Gasteiger partial charge in [-0.05, 0) is 19.4 Å². The Morgan fingerprint density at radius 1 is 1.40 bits per heavy atom. The molecule has 1 aromatic rings. The average Bonchev–Trinajstić information content (AvgIpc) is 2.18. The largest absolute Gasteiger partial charge is 0.350 e. The molecule has 1 amide bonds. The van der Waals surface area contributed by atoms with Gasteiger partial charge in [-0.15, -0.1) is 11.6 Å². The SMILES string of the molecule is Cc1ccc([C@H](C)NC(=O)CCCl)cc1. The second-order valence-electron chi connectivity index (χ2n) is 3.64. The molecule has 1 rings (SSSR count). The van der Waals surface area contributed by atoms with Crippen LogP contribution in [0.15, 0.2) is 24.3 Å². The minimum absolute atomic E-state index is 0.00178. The fourth-order valence-electron chi connectivity index (χ4n) is 1.34. The first kappa shape index (κ1) is 12.1. The summed E-state index contributed by atoms with van der Waals surface area (Å²) in [6, 6.07) is 8.18. The standard InChI is InChI=1S/C12H16ClNO/c1-9-3-5-11(6-4-9)10(2)14-12(15)7-8-13/h3-6,10H,7-8H2,1-2H3,(H,14,15)/t10-/m0/s1. The van der Waals surface area contributed by atoms with Crippen molar-refractivity contribution in [3.05, 3.63) is 35.4 Å². The van der Waals surface area contributed by atoms with Gasteiger partial charge >= 0.3 is 0 Å². The normalized spacial score (nSPS) is 12.2. The highest BCUT2D eigenvalue weighted by molar-refractivity contribution is 6.18. The Balaban J connectivity index is 2.57. The molecular formula is C12H16ClNO. The van der Waals surface area contributed by atoms with Gasteiger partial charge in [-0.2, -0.15) is 0 Å². The Kier molecular flexibility index (Phi) is 4.63. The second-order valence-corrected chi connectivity index (χ2v) is 4.02. The highest BCUT2D eigenvalue weighted by atomic mass is 35.5. The highest BCUT2D eigenvalue weighted by Crippen LogP contribution is 2.12. The van der Waals surface area contributed by atoms with Crippen molar-refractivity contribution in [3.8, 4) is 0 Å². The number of nitrogens with one attached hydrogen (secondary N) is 1. The van der Waals surface area contributed by atoms with Crippen LogP contribution >= 0.6 is 11.6 Å². The lowest BCUT2D eigenvalue weighted by Crippen LogP contribution is -2.26. The average molecular weight is 226 g/mol. The van der Waals surface area contributed by atoms with Crippen molar-refractivity contribution >= 4 is 17.5 Å². The lowest BCUT2D eigenvalue weighted by atomic mass is 10.1. The van der Waals surface area contributed by atoms with Gasteiger partial charge in [0.1, 0.15) is 0 Å². The van der Waals surface area contributed by atoms with Crippen LogP contribution in [-0.4, -0.2) is 11.8 Å². The van der Waals surface area contributed by atoms with E-state index in [-0.39, 0.29) is 11.9 Å². The molecule has 0 saturated heterocycles. The zero-order chi connectivity index (χ0) is 11.3. The van der Waals surface area contributed by atoms with Crippen LogP contribution < -0.4 is 5.32 Å². The summed E-state index contributed by atoms with van der Waals surface area (Å²) >= 11 is 5.49. The second kappa shape index (κ2) is 5.76. The third-order valence-corrected chi connectivity index (χ3v) is 2.47. The van der Waals surface area contributed by atoms with Gasteiger partial charge in [0.25, 0.3) is 0 Å². The summed E-state index contributed by atoms with van der Waals surface area (Å²) in [7, 11) is 0. The van der Waals surface area contributed by atoms with Crippen LogP contribution in [0.2, 0.25) is 0 Å². The van der Waals surface area contributed by atoms with E-state index in [1.165, 1.54) is 5.56 Å². The molecule has 0 bridgehead atoms. The molecule has 1 aromatic carbocycles. The smallest absolute Gasteiger partial charge is 0.221 e. The molecule has 2 nitrogen and oxygen atoms in total. The molecular weight excluding hydrogens is 210 g/mol. The van der Waals surface area contributed by atoms with E-state index in [2.05, 4.69) is 5.32 Å². The molecule has 0 aromatic heterocycles. The van der Waals surface area contributed by atoms with Crippen molar-refractivity contribution in [1.82, 2.24) is 5.32 Å². The van der Waals surface area contributed by atoms with Crippen molar-refractivity contribution in [1.29, 1.82) is 0 Å². The number of carbonyl (C=O) groups is 1. The first-order chi connectivity index (χ1) is 7.13. The first-order valence-electron chi connectivity index (χ1n) is 5.05. The zero-order valence-electron chi connectivity index (χ0n) is 9.09. The molecule has 0 aliphatic carbocycles. The number of amides is 1. The van der Waals surface area contributed by atoms with Crippen molar-refractivity contribution in [2.45, 2.75) is 26.3 Å². The molecule has 0 heterocycles. The summed E-state index contributed by atoms with van der Waals surface area (Å²) in [6.45, 7) is 4.01. The quantitative estimate of drug-likeness (QED) is 0.785. The van der Waals surface area contributed by atoms with Crippen LogP contribution in [0.25, 0.3) is 0 Å². The Hall–Kier alpha value is -1.02. The number of aryl methyl sites for hydroxylation is 1. The zero-order valence-corrected chi connectivity index (χ0v) is 9.84. The fourth-order valence-corrected chi connectivity index (χ4v) is 1.51. The molecule has 1 N–H and O–H groups in total. The molecule has 0 saturated carbocycles. The maximum atomic E-state index is 11.3. The van der Waals surface area contributed by atoms with E-state index in [1.807, 2.05) is 38.1 Å². The Morgan fingerprint density at radius 3 is 2.53 bits per heavy atom. The van der Waals surface area contributed by atoms with E-state index in [0.29, 0.717) is 12.3 Å². The number of benzene rings is 1. The third kappa shape index (κ3) is 3.92. The number of hydrogen-bond donors (Lipinski definition) is 1. The molecule has 82 valence electrons. The molecule has 3 heteroatoms. The number of rotatable bonds is 4. The minimum atomic E-state index is -0.00178. The van der Waals surface area contributed by atoms with E-state index in [1.54, 1.807) is 0 Å². The molecule has 0 aliphatic rings. The van der Waals surface area contributed by atoms with Crippen LogP contribution in [0.1, 0.15) is 30.5 Å². The summed E-state index contributed by atoms with van der Waals surface area (Å²) in [6.07, 6.45) is 0.373. The predicted molar refractivity (Wildman–Crippen MR) is 63.1 cm³/mol. The van der Waals surface area contributed by atoms with Crippen LogP contribution in [0.5, 0.6) is 0 Å². The molecule has 0 unspecified atom stereocenters. The van der Waals surface area contributed by atoms with E-state index in [0.717, 1.165) is 5.56 Å². The van der Waals surface area contributed by atoms with Crippen molar-refractivity contribution in [3.63, 3.8) is 0 Å². The Bertz CT molecular complexity index is 321. The van der Waals surface area contributed by atoms with Gasteiger partial charge in [0.2, 0.25) is 5.91 Å². The number of carbonyl (C=O) groups excluding carboxylic acids is 1. The molecule has 0 aliphatic heterocycles. The molecule has 1 atom stereocenters. The molecule has 0 fully saturated rings. The van der Waals surface area contributed by atoms with Gasteiger partial charge in [0, 0.05) is 12.3 Å². The fraction of sp³-hybridized carbons (Fsp3) is 0.417. The highest BCUT2D eigenvalue weighted by Gasteiger charge is 2.08. The number of hydrogen-bond acceptors (Lipinski definition) is 1. The van der Waals surface area contributed by atoms with Crippen molar-refractivity contribution in [2.24, 2.45) is 0 Å². The van der Waals surface area contributed by atoms with E-state index < -0.39 is 0 Å². The van der Waals surface area contributed by atoms with Crippen LogP contribution in [0, 0.1) is 6.92 Å². The molecule has 15 heavy (non-hydrogen) atoms. The van der Waals surface area contributed by atoms with E-state index in [4.69, 9.17) is 11.6 Å². The van der Waals surface area contributed by atoms with Gasteiger partial charge in [0.15, 0.2) is 0 Å². The van der Waals surface area contributed by atoms with Crippen LogP contribution in [0.3, 0.4) is 0 Å². The maximum absolute atomic E-state index is 11.3. The molecule has 0 spiro atoms. The monoisotopic (exact) mass is 225 g/mol. The third-order valence-electron chi connectivity index (χ3n) is 2.28. The summed E-state index contributed by atoms with van der Waals surface area (Å²) in [5.41, 5.74) is 2.33. The van der Waals surface area contributed by atoms with Crippen molar-refractivity contribution < 1.29 is 4.79 Å². The van der Waals surface area contributed by atoms with Gasteiger partial charge in [-0.3, -0.25) is 4.79 Å². The number of halogens is 1.